The number of hydrogen-bond donors (Lipinski definition) is 2. The maximum Gasteiger partial charge on any atom is 0.112 e. The molecular weight excluding hydrogens is 242 g/mol. The van der Waals surface area contributed by atoms with Gasteiger partial charge in [0.25, 0.3) is 0 Å². The molecule has 3 nitrogen and oxygen atoms in total. The number of nitrogens with one attached hydrogen (secondary N) is 2. The molecule has 2 rings (SSSR count). The molecule has 0 saturated carbocycles. The highest BCUT2D eigenvalue weighted by Crippen LogP contribution is 2.33. The normalized spacial score (nSPS) is 19.9. The Balaban J connectivity index is 1.97. The van der Waals surface area contributed by atoms with Crippen LogP contribution in [0, 0.1) is 5.41 Å². The highest BCUT2D eigenvalue weighted by Gasteiger charge is 2.33. The number of rotatable bonds is 5. The van der Waals surface area contributed by atoms with Crippen molar-refractivity contribution in [2.75, 3.05) is 19.6 Å². The van der Waals surface area contributed by atoms with Crippen molar-refractivity contribution in [3.63, 3.8) is 0 Å². The second kappa shape index (κ2) is 5.68. The Labute approximate surface area is 114 Å². The van der Waals surface area contributed by atoms with Gasteiger partial charge in [-0.3, -0.25) is 0 Å². The molecule has 18 heavy (non-hydrogen) atoms. The minimum atomic E-state index is -0.0127. The van der Waals surface area contributed by atoms with Crippen LogP contribution < -0.4 is 10.6 Å². The molecule has 1 aliphatic rings. The van der Waals surface area contributed by atoms with E-state index in [4.69, 9.17) is 0 Å². The van der Waals surface area contributed by atoms with Gasteiger partial charge in [0.1, 0.15) is 5.01 Å². The van der Waals surface area contributed by atoms with Gasteiger partial charge < -0.3 is 10.6 Å². The first kappa shape index (κ1) is 14.0. The third kappa shape index (κ3) is 3.11. The van der Waals surface area contributed by atoms with Crippen molar-refractivity contribution in [3.05, 3.63) is 16.6 Å². The van der Waals surface area contributed by atoms with Crippen LogP contribution in [0.2, 0.25) is 0 Å². The lowest BCUT2D eigenvalue weighted by molar-refractivity contribution is 0.166. The van der Waals surface area contributed by atoms with Gasteiger partial charge in [-0.15, -0.1) is 11.3 Å². The summed E-state index contributed by atoms with van der Waals surface area (Å²) in [6, 6.07) is 0. The van der Waals surface area contributed by atoms with Crippen LogP contribution in [0.5, 0.6) is 0 Å². The van der Waals surface area contributed by atoms with Crippen LogP contribution in [0.15, 0.2) is 11.6 Å². The van der Waals surface area contributed by atoms with E-state index in [0.717, 1.165) is 19.6 Å². The zero-order valence-corrected chi connectivity index (χ0v) is 12.6. The lowest BCUT2D eigenvalue weighted by atomic mass is 9.76. The highest BCUT2D eigenvalue weighted by molar-refractivity contribution is 7.09. The van der Waals surface area contributed by atoms with Crippen molar-refractivity contribution in [3.8, 4) is 0 Å². The van der Waals surface area contributed by atoms with Gasteiger partial charge in [-0.05, 0) is 51.6 Å². The number of hydrogen-bond acceptors (Lipinski definition) is 4. The molecule has 1 aliphatic heterocycles. The van der Waals surface area contributed by atoms with Gasteiger partial charge in [0, 0.05) is 18.1 Å². The number of thiazole rings is 1. The van der Waals surface area contributed by atoms with Gasteiger partial charge in [0.05, 0.1) is 5.54 Å². The second-order valence-electron chi connectivity index (χ2n) is 5.92. The molecule has 0 unspecified atom stereocenters. The summed E-state index contributed by atoms with van der Waals surface area (Å²) >= 11 is 1.74. The monoisotopic (exact) mass is 267 g/mol. The zero-order valence-electron chi connectivity index (χ0n) is 11.8. The van der Waals surface area contributed by atoms with E-state index < -0.39 is 0 Å². The Morgan fingerprint density at radius 3 is 2.72 bits per heavy atom. The molecule has 4 heteroatoms. The SMILES string of the molecule is CCC1(CNC(C)(C)c2nccs2)CCNCC1. The first-order valence-corrected chi connectivity index (χ1v) is 7.82. The number of nitrogens with zero attached hydrogens (tertiary/aromatic N) is 1. The van der Waals surface area contributed by atoms with E-state index in [2.05, 4.69) is 41.8 Å². The molecule has 0 spiro atoms. The summed E-state index contributed by atoms with van der Waals surface area (Å²) in [6.45, 7) is 10.2. The fraction of sp³-hybridized carbons (Fsp3) is 0.786. The second-order valence-corrected chi connectivity index (χ2v) is 6.81. The first-order valence-electron chi connectivity index (χ1n) is 6.94. The van der Waals surface area contributed by atoms with E-state index in [1.54, 1.807) is 11.3 Å². The van der Waals surface area contributed by atoms with Crippen LogP contribution in [0.3, 0.4) is 0 Å². The van der Waals surface area contributed by atoms with E-state index in [1.165, 1.54) is 24.3 Å². The third-order valence-corrected chi connectivity index (χ3v) is 5.38. The minimum absolute atomic E-state index is 0.0127. The molecule has 0 amide bonds. The summed E-state index contributed by atoms with van der Waals surface area (Å²) in [5, 5.41) is 10.4. The molecule has 0 radical (unpaired) electrons. The zero-order chi connectivity index (χ0) is 13.1. The van der Waals surface area contributed by atoms with Gasteiger partial charge in [-0.1, -0.05) is 6.92 Å². The van der Waals surface area contributed by atoms with Gasteiger partial charge in [-0.2, -0.15) is 0 Å². The predicted octanol–water partition coefficient (Wildman–Crippen LogP) is 2.75. The maximum atomic E-state index is 4.44. The summed E-state index contributed by atoms with van der Waals surface area (Å²) < 4.78 is 0. The number of aromatic nitrogens is 1. The van der Waals surface area contributed by atoms with E-state index >= 15 is 0 Å². The van der Waals surface area contributed by atoms with Crippen molar-refractivity contribution >= 4 is 11.3 Å². The molecule has 102 valence electrons. The maximum absolute atomic E-state index is 4.44. The number of piperidine rings is 1. The Morgan fingerprint density at radius 2 is 2.17 bits per heavy atom. The summed E-state index contributed by atoms with van der Waals surface area (Å²) in [5.74, 6) is 0. The van der Waals surface area contributed by atoms with Crippen LogP contribution in [-0.4, -0.2) is 24.6 Å². The summed E-state index contributed by atoms with van der Waals surface area (Å²) in [7, 11) is 0. The summed E-state index contributed by atoms with van der Waals surface area (Å²) in [5.41, 5.74) is 0.459. The lowest BCUT2D eigenvalue weighted by Crippen LogP contribution is -2.47. The fourth-order valence-electron chi connectivity index (χ4n) is 2.63. The molecule has 1 saturated heterocycles. The van der Waals surface area contributed by atoms with Crippen LogP contribution in [0.25, 0.3) is 0 Å². The van der Waals surface area contributed by atoms with E-state index in [0.29, 0.717) is 5.41 Å². The van der Waals surface area contributed by atoms with E-state index in [9.17, 15) is 0 Å². The van der Waals surface area contributed by atoms with Gasteiger partial charge >= 0.3 is 0 Å². The Hall–Kier alpha value is -0.450. The Morgan fingerprint density at radius 1 is 1.44 bits per heavy atom. The van der Waals surface area contributed by atoms with E-state index in [-0.39, 0.29) is 5.54 Å². The first-order chi connectivity index (χ1) is 8.58. The van der Waals surface area contributed by atoms with Crippen molar-refractivity contribution in [2.24, 2.45) is 5.41 Å². The smallest absolute Gasteiger partial charge is 0.112 e. The fourth-order valence-corrected chi connectivity index (χ4v) is 3.37. The van der Waals surface area contributed by atoms with Crippen molar-refractivity contribution in [1.82, 2.24) is 15.6 Å². The molecule has 0 aromatic carbocycles. The Kier molecular flexibility index (Phi) is 4.41. The van der Waals surface area contributed by atoms with Crippen LogP contribution in [-0.2, 0) is 5.54 Å². The molecule has 0 bridgehead atoms. The predicted molar refractivity (Wildman–Crippen MR) is 78.0 cm³/mol. The van der Waals surface area contributed by atoms with Gasteiger partial charge in [0.2, 0.25) is 0 Å². The van der Waals surface area contributed by atoms with Crippen LogP contribution >= 0.6 is 11.3 Å². The average Bonchev–Trinajstić information content (AvgIpc) is 2.92. The van der Waals surface area contributed by atoms with Crippen molar-refractivity contribution in [1.29, 1.82) is 0 Å². The van der Waals surface area contributed by atoms with Gasteiger partial charge in [-0.25, -0.2) is 4.98 Å². The molecular formula is C14H25N3S. The van der Waals surface area contributed by atoms with Gasteiger partial charge in [0.15, 0.2) is 0 Å². The molecule has 0 aliphatic carbocycles. The molecule has 1 fully saturated rings. The van der Waals surface area contributed by atoms with Crippen LogP contribution in [0.4, 0.5) is 0 Å². The highest BCUT2D eigenvalue weighted by atomic mass is 32.1. The summed E-state index contributed by atoms with van der Waals surface area (Å²) in [4.78, 5) is 4.44. The lowest BCUT2D eigenvalue weighted by Gasteiger charge is -2.39. The summed E-state index contributed by atoms with van der Waals surface area (Å²) in [6.07, 6.45) is 5.72. The van der Waals surface area contributed by atoms with Crippen molar-refractivity contribution in [2.45, 2.75) is 45.6 Å². The quantitative estimate of drug-likeness (QED) is 0.861. The molecule has 0 atom stereocenters. The molecule has 2 N–H and O–H groups in total. The third-order valence-electron chi connectivity index (χ3n) is 4.29. The Bertz CT molecular complexity index is 353. The minimum Gasteiger partial charge on any atom is -0.317 e. The molecule has 1 aromatic heterocycles. The van der Waals surface area contributed by atoms with Crippen molar-refractivity contribution < 1.29 is 0 Å². The molecule has 1 aromatic rings. The largest absolute Gasteiger partial charge is 0.317 e. The average molecular weight is 267 g/mol. The van der Waals surface area contributed by atoms with Crippen LogP contribution in [0.1, 0.15) is 45.0 Å². The molecule has 2 heterocycles. The standard InChI is InChI=1S/C14H25N3S/c1-4-14(5-7-15-8-6-14)11-17-13(2,3)12-16-9-10-18-12/h9-10,15,17H,4-8,11H2,1-3H3. The topological polar surface area (TPSA) is 37.0 Å². The van der Waals surface area contributed by atoms with E-state index in [1.807, 2.05) is 6.20 Å².